The standard InChI is InChI=1S/C14H21FN4O/c1-3-17(4-2)14(20)19-10-8-18(9-11-19)13-12(15)6-5-7-16-13/h5-7H,3-4,8-11H2,1-2H3. The van der Waals surface area contributed by atoms with E-state index in [2.05, 4.69) is 4.98 Å². The van der Waals surface area contributed by atoms with Gasteiger partial charge in [-0.25, -0.2) is 14.2 Å². The van der Waals surface area contributed by atoms with Crippen LogP contribution >= 0.6 is 0 Å². The number of anilines is 1. The van der Waals surface area contributed by atoms with Gasteiger partial charge in [0, 0.05) is 45.5 Å². The van der Waals surface area contributed by atoms with Gasteiger partial charge in [-0.05, 0) is 26.0 Å². The third-order valence-corrected chi connectivity index (χ3v) is 3.62. The Kier molecular flexibility index (Phi) is 4.76. The minimum absolute atomic E-state index is 0.0659. The van der Waals surface area contributed by atoms with E-state index in [1.54, 1.807) is 17.2 Å². The van der Waals surface area contributed by atoms with Crippen molar-refractivity contribution in [2.45, 2.75) is 13.8 Å². The summed E-state index contributed by atoms with van der Waals surface area (Å²) in [7, 11) is 0. The number of carbonyl (C=O) groups excluding carboxylic acids is 1. The molecule has 1 saturated heterocycles. The largest absolute Gasteiger partial charge is 0.351 e. The molecule has 0 saturated carbocycles. The maximum atomic E-state index is 13.7. The zero-order chi connectivity index (χ0) is 14.5. The first-order chi connectivity index (χ1) is 9.67. The molecule has 0 radical (unpaired) electrons. The number of rotatable bonds is 3. The van der Waals surface area contributed by atoms with Crippen LogP contribution < -0.4 is 4.90 Å². The number of hydrogen-bond acceptors (Lipinski definition) is 3. The Labute approximate surface area is 119 Å². The Morgan fingerprint density at radius 3 is 2.50 bits per heavy atom. The maximum absolute atomic E-state index is 13.7. The lowest BCUT2D eigenvalue weighted by Gasteiger charge is -2.37. The minimum atomic E-state index is -0.309. The second-order valence-electron chi connectivity index (χ2n) is 4.74. The molecule has 5 nitrogen and oxygen atoms in total. The normalized spacial score (nSPS) is 15.3. The Bertz CT molecular complexity index is 456. The highest BCUT2D eigenvalue weighted by Gasteiger charge is 2.25. The highest BCUT2D eigenvalue weighted by Crippen LogP contribution is 2.17. The lowest BCUT2D eigenvalue weighted by molar-refractivity contribution is 0.154. The minimum Gasteiger partial charge on any atom is -0.351 e. The molecule has 0 N–H and O–H groups in total. The zero-order valence-corrected chi connectivity index (χ0v) is 12.0. The summed E-state index contributed by atoms with van der Waals surface area (Å²) in [6.45, 7) is 7.80. The SMILES string of the molecule is CCN(CC)C(=O)N1CCN(c2ncccc2F)CC1. The summed E-state index contributed by atoms with van der Waals surface area (Å²) in [5, 5.41) is 0. The van der Waals surface area contributed by atoms with E-state index >= 15 is 0 Å². The van der Waals surface area contributed by atoms with Crippen molar-refractivity contribution in [3.63, 3.8) is 0 Å². The Morgan fingerprint density at radius 2 is 1.95 bits per heavy atom. The van der Waals surface area contributed by atoms with Crippen LogP contribution in [0, 0.1) is 5.82 Å². The molecule has 2 heterocycles. The Hall–Kier alpha value is -1.85. The number of halogens is 1. The van der Waals surface area contributed by atoms with E-state index in [-0.39, 0.29) is 11.8 Å². The van der Waals surface area contributed by atoms with E-state index < -0.39 is 0 Å². The van der Waals surface area contributed by atoms with Crippen molar-refractivity contribution in [1.82, 2.24) is 14.8 Å². The van der Waals surface area contributed by atoms with E-state index in [4.69, 9.17) is 0 Å². The first kappa shape index (κ1) is 14.6. The number of nitrogens with zero attached hydrogens (tertiary/aromatic N) is 4. The fourth-order valence-corrected chi connectivity index (χ4v) is 2.41. The molecule has 0 aromatic carbocycles. The van der Waals surface area contributed by atoms with Crippen LogP contribution in [0.4, 0.5) is 15.0 Å². The highest BCUT2D eigenvalue weighted by molar-refractivity contribution is 5.74. The fraction of sp³-hybridized carbons (Fsp3) is 0.571. The van der Waals surface area contributed by atoms with Crippen molar-refractivity contribution < 1.29 is 9.18 Å². The third-order valence-electron chi connectivity index (χ3n) is 3.62. The topological polar surface area (TPSA) is 39.7 Å². The van der Waals surface area contributed by atoms with Crippen LogP contribution in [0.15, 0.2) is 18.3 Å². The molecule has 1 aromatic heterocycles. The number of aromatic nitrogens is 1. The monoisotopic (exact) mass is 280 g/mol. The number of hydrogen-bond donors (Lipinski definition) is 0. The quantitative estimate of drug-likeness (QED) is 0.847. The van der Waals surface area contributed by atoms with Crippen molar-refractivity contribution in [2.24, 2.45) is 0 Å². The van der Waals surface area contributed by atoms with E-state index in [1.807, 2.05) is 23.6 Å². The number of urea groups is 1. The average molecular weight is 280 g/mol. The maximum Gasteiger partial charge on any atom is 0.320 e. The van der Waals surface area contributed by atoms with Crippen LogP contribution in [-0.2, 0) is 0 Å². The summed E-state index contributed by atoms with van der Waals surface area (Å²) >= 11 is 0. The lowest BCUT2D eigenvalue weighted by Crippen LogP contribution is -2.53. The molecule has 1 aliphatic rings. The number of piperazine rings is 1. The highest BCUT2D eigenvalue weighted by atomic mass is 19.1. The van der Waals surface area contributed by atoms with Gasteiger partial charge in [-0.1, -0.05) is 0 Å². The summed E-state index contributed by atoms with van der Waals surface area (Å²) < 4.78 is 13.7. The molecule has 6 heteroatoms. The molecule has 0 aliphatic carbocycles. The van der Waals surface area contributed by atoms with Crippen LogP contribution in [0.3, 0.4) is 0 Å². The van der Waals surface area contributed by atoms with Crippen molar-refractivity contribution in [2.75, 3.05) is 44.2 Å². The van der Waals surface area contributed by atoms with Crippen LogP contribution in [0.25, 0.3) is 0 Å². The second-order valence-corrected chi connectivity index (χ2v) is 4.74. The van der Waals surface area contributed by atoms with Crippen LogP contribution in [0.5, 0.6) is 0 Å². The predicted octanol–water partition coefficient (Wildman–Crippen LogP) is 1.80. The van der Waals surface area contributed by atoms with Crippen molar-refractivity contribution in [3.8, 4) is 0 Å². The first-order valence-electron chi connectivity index (χ1n) is 7.06. The first-order valence-corrected chi connectivity index (χ1v) is 7.06. The van der Waals surface area contributed by atoms with Gasteiger partial charge in [0.15, 0.2) is 11.6 Å². The number of pyridine rings is 1. The van der Waals surface area contributed by atoms with Crippen molar-refractivity contribution in [3.05, 3.63) is 24.1 Å². The van der Waals surface area contributed by atoms with Crippen LogP contribution in [0.2, 0.25) is 0 Å². The molecule has 110 valence electrons. The van der Waals surface area contributed by atoms with Gasteiger partial charge in [0.1, 0.15) is 0 Å². The summed E-state index contributed by atoms with van der Waals surface area (Å²) in [6.07, 6.45) is 1.59. The Morgan fingerprint density at radius 1 is 1.30 bits per heavy atom. The zero-order valence-electron chi connectivity index (χ0n) is 12.0. The molecule has 20 heavy (non-hydrogen) atoms. The summed E-state index contributed by atoms with van der Waals surface area (Å²) in [5.41, 5.74) is 0. The van der Waals surface area contributed by atoms with Gasteiger partial charge in [-0.15, -0.1) is 0 Å². The van der Waals surface area contributed by atoms with Gasteiger partial charge in [0.2, 0.25) is 0 Å². The lowest BCUT2D eigenvalue weighted by atomic mass is 10.3. The Balaban J connectivity index is 1.96. The molecule has 2 rings (SSSR count). The van der Waals surface area contributed by atoms with Gasteiger partial charge in [0.25, 0.3) is 0 Å². The molecular weight excluding hydrogens is 259 g/mol. The van der Waals surface area contributed by atoms with Gasteiger partial charge in [0.05, 0.1) is 0 Å². The molecule has 1 aromatic rings. The summed E-state index contributed by atoms with van der Waals surface area (Å²) in [4.78, 5) is 21.8. The second kappa shape index (κ2) is 6.54. The number of amides is 2. The van der Waals surface area contributed by atoms with E-state index in [0.29, 0.717) is 45.1 Å². The molecule has 1 fully saturated rings. The molecule has 0 bridgehead atoms. The molecule has 0 unspecified atom stereocenters. The van der Waals surface area contributed by atoms with Crippen molar-refractivity contribution in [1.29, 1.82) is 0 Å². The smallest absolute Gasteiger partial charge is 0.320 e. The van der Waals surface area contributed by atoms with Gasteiger partial charge in [-0.2, -0.15) is 0 Å². The molecule has 0 spiro atoms. The van der Waals surface area contributed by atoms with Gasteiger partial charge in [-0.3, -0.25) is 0 Å². The van der Waals surface area contributed by atoms with E-state index in [9.17, 15) is 9.18 Å². The molecule has 2 amide bonds. The van der Waals surface area contributed by atoms with E-state index in [0.717, 1.165) is 0 Å². The molecule has 0 atom stereocenters. The van der Waals surface area contributed by atoms with E-state index in [1.165, 1.54) is 6.07 Å². The summed E-state index contributed by atoms with van der Waals surface area (Å²) in [6, 6.07) is 3.06. The molecule has 1 aliphatic heterocycles. The van der Waals surface area contributed by atoms with Crippen LogP contribution in [0.1, 0.15) is 13.8 Å². The fourth-order valence-electron chi connectivity index (χ4n) is 2.41. The van der Waals surface area contributed by atoms with Gasteiger partial charge >= 0.3 is 6.03 Å². The predicted molar refractivity (Wildman–Crippen MR) is 76.3 cm³/mol. The van der Waals surface area contributed by atoms with Crippen molar-refractivity contribution >= 4 is 11.8 Å². The number of carbonyl (C=O) groups is 1. The van der Waals surface area contributed by atoms with Gasteiger partial charge < -0.3 is 14.7 Å². The molecular formula is C14H21FN4O. The third kappa shape index (κ3) is 3.00. The van der Waals surface area contributed by atoms with Crippen LogP contribution in [-0.4, -0.2) is 60.1 Å². The average Bonchev–Trinajstić information content (AvgIpc) is 2.49. The summed E-state index contributed by atoms with van der Waals surface area (Å²) in [5.74, 6) is 0.0680.